The van der Waals surface area contributed by atoms with Gasteiger partial charge in [-0.05, 0) is 49.7 Å². The summed E-state index contributed by atoms with van der Waals surface area (Å²) >= 11 is 0. The number of H-pyrrole nitrogens is 1. The van der Waals surface area contributed by atoms with E-state index in [2.05, 4.69) is 29.4 Å². The molecule has 1 aliphatic rings. The number of nitrogens with one attached hydrogen (secondary N) is 2. The lowest BCUT2D eigenvalue weighted by Crippen LogP contribution is -2.37. The molecule has 0 bridgehead atoms. The summed E-state index contributed by atoms with van der Waals surface area (Å²) < 4.78 is 0. The number of aromatic amines is 1. The zero-order valence-corrected chi connectivity index (χ0v) is 13.4. The third kappa shape index (κ3) is 3.52. The monoisotopic (exact) mass is 298 g/mol. The Morgan fingerprint density at radius 2 is 2.00 bits per heavy atom. The van der Waals surface area contributed by atoms with Crippen LogP contribution in [-0.4, -0.2) is 16.9 Å². The van der Waals surface area contributed by atoms with Crippen molar-refractivity contribution in [2.24, 2.45) is 5.92 Å². The highest BCUT2D eigenvalue weighted by Crippen LogP contribution is 2.26. The quantitative estimate of drug-likeness (QED) is 0.854. The predicted octanol–water partition coefficient (Wildman–Crippen LogP) is 4.19. The number of carbonyl (C=O) groups excluding carboxylic acids is 1. The highest BCUT2D eigenvalue weighted by atomic mass is 16.1. The van der Waals surface area contributed by atoms with Gasteiger partial charge in [0.1, 0.15) is 0 Å². The molecular weight excluding hydrogens is 272 g/mol. The highest BCUT2D eigenvalue weighted by Gasteiger charge is 2.21. The van der Waals surface area contributed by atoms with Crippen LogP contribution >= 0.6 is 0 Å². The molecule has 0 saturated heterocycles. The fraction of sp³-hybridized carbons (Fsp3) is 0.526. The molecule has 0 unspecified atom stereocenters. The molecule has 1 saturated carbocycles. The third-order valence-corrected chi connectivity index (χ3v) is 5.09. The summed E-state index contributed by atoms with van der Waals surface area (Å²) in [6.45, 7) is 2.27. The van der Waals surface area contributed by atoms with Gasteiger partial charge in [-0.25, -0.2) is 0 Å². The lowest BCUT2D eigenvalue weighted by molar-refractivity contribution is -0.122. The van der Waals surface area contributed by atoms with Crippen LogP contribution in [0.15, 0.2) is 30.5 Å². The van der Waals surface area contributed by atoms with Gasteiger partial charge in [-0.1, -0.05) is 31.5 Å². The van der Waals surface area contributed by atoms with Gasteiger partial charge < -0.3 is 10.3 Å². The van der Waals surface area contributed by atoms with Crippen LogP contribution in [0.2, 0.25) is 0 Å². The molecule has 3 nitrogen and oxygen atoms in total. The SMILES string of the molecule is CCC1CCC(NC(=O)CCc2c[nH]c3ccccc23)CC1. The number of aromatic nitrogens is 1. The number of rotatable bonds is 5. The molecule has 0 aliphatic heterocycles. The molecule has 2 N–H and O–H groups in total. The Morgan fingerprint density at radius 3 is 2.77 bits per heavy atom. The predicted molar refractivity (Wildman–Crippen MR) is 90.8 cm³/mol. The maximum atomic E-state index is 12.2. The number of hydrogen-bond donors (Lipinski definition) is 2. The third-order valence-electron chi connectivity index (χ3n) is 5.09. The first kappa shape index (κ1) is 15.1. The number of carbonyl (C=O) groups is 1. The van der Waals surface area contributed by atoms with Crippen molar-refractivity contribution >= 4 is 16.8 Å². The number of fused-ring (bicyclic) bond motifs is 1. The molecule has 22 heavy (non-hydrogen) atoms. The van der Waals surface area contributed by atoms with Crippen LogP contribution in [0.5, 0.6) is 0 Å². The summed E-state index contributed by atoms with van der Waals surface area (Å²) in [7, 11) is 0. The number of hydrogen-bond acceptors (Lipinski definition) is 1. The summed E-state index contributed by atoms with van der Waals surface area (Å²) in [5.74, 6) is 1.07. The van der Waals surface area contributed by atoms with Crippen molar-refractivity contribution in [3.63, 3.8) is 0 Å². The van der Waals surface area contributed by atoms with Crippen molar-refractivity contribution in [3.05, 3.63) is 36.0 Å². The minimum absolute atomic E-state index is 0.199. The largest absolute Gasteiger partial charge is 0.361 e. The van der Waals surface area contributed by atoms with Gasteiger partial charge in [0.05, 0.1) is 0 Å². The Morgan fingerprint density at radius 1 is 1.23 bits per heavy atom. The molecule has 0 radical (unpaired) electrons. The molecule has 1 fully saturated rings. The van der Waals surface area contributed by atoms with E-state index in [1.807, 2.05) is 18.3 Å². The molecule has 1 aromatic carbocycles. The second-order valence-electron chi connectivity index (χ2n) is 6.55. The number of para-hydroxylation sites is 1. The average Bonchev–Trinajstić information content (AvgIpc) is 2.97. The van der Waals surface area contributed by atoms with E-state index in [0.717, 1.165) is 30.7 Å². The van der Waals surface area contributed by atoms with Crippen LogP contribution in [0.1, 0.15) is 51.0 Å². The summed E-state index contributed by atoms with van der Waals surface area (Å²) in [6.07, 6.45) is 9.53. The zero-order chi connectivity index (χ0) is 15.4. The van der Waals surface area contributed by atoms with Crippen molar-refractivity contribution in [3.8, 4) is 0 Å². The standard InChI is InChI=1S/C19H26N2O/c1-2-14-7-10-16(11-8-14)21-19(22)12-9-15-13-20-18-6-4-3-5-17(15)18/h3-6,13-14,16,20H,2,7-12H2,1H3,(H,21,22). The smallest absolute Gasteiger partial charge is 0.220 e. The first-order valence-corrected chi connectivity index (χ1v) is 8.60. The van der Waals surface area contributed by atoms with Crippen molar-refractivity contribution in [2.45, 2.75) is 57.9 Å². The molecule has 3 rings (SSSR count). The van der Waals surface area contributed by atoms with Gasteiger partial charge in [0.15, 0.2) is 0 Å². The highest BCUT2D eigenvalue weighted by molar-refractivity contribution is 5.84. The van der Waals surface area contributed by atoms with Gasteiger partial charge in [-0.15, -0.1) is 0 Å². The minimum Gasteiger partial charge on any atom is -0.361 e. The van der Waals surface area contributed by atoms with E-state index < -0.39 is 0 Å². The van der Waals surface area contributed by atoms with E-state index in [1.54, 1.807) is 0 Å². The molecule has 0 spiro atoms. The Hall–Kier alpha value is -1.77. The first-order valence-electron chi connectivity index (χ1n) is 8.60. The minimum atomic E-state index is 0.199. The van der Waals surface area contributed by atoms with Crippen molar-refractivity contribution in [1.82, 2.24) is 10.3 Å². The lowest BCUT2D eigenvalue weighted by atomic mass is 9.84. The van der Waals surface area contributed by atoms with Crippen molar-refractivity contribution < 1.29 is 4.79 Å². The van der Waals surface area contributed by atoms with Gasteiger partial charge in [0, 0.05) is 29.6 Å². The van der Waals surface area contributed by atoms with Gasteiger partial charge in [-0.2, -0.15) is 0 Å². The summed E-state index contributed by atoms with van der Waals surface area (Å²) in [5, 5.41) is 4.46. The molecule has 1 aromatic heterocycles. The van der Waals surface area contributed by atoms with Crippen LogP contribution in [0.3, 0.4) is 0 Å². The van der Waals surface area contributed by atoms with Crippen LogP contribution in [0.25, 0.3) is 10.9 Å². The summed E-state index contributed by atoms with van der Waals surface area (Å²) in [5.41, 5.74) is 2.39. The molecular formula is C19H26N2O. The lowest BCUT2D eigenvalue weighted by Gasteiger charge is -2.28. The van der Waals surface area contributed by atoms with E-state index in [4.69, 9.17) is 0 Å². The van der Waals surface area contributed by atoms with E-state index >= 15 is 0 Å². The molecule has 0 atom stereocenters. The average molecular weight is 298 g/mol. The number of benzene rings is 1. The summed E-state index contributed by atoms with van der Waals surface area (Å²) in [4.78, 5) is 15.4. The fourth-order valence-electron chi connectivity index (χ4n) is 3.60. The van der Waals surface area contributed by atoms with Crippen LogP contribution < -0.4 is 5.32 Å². The normalized spacial score (nSPS) is 21.9. The molecule has 118 valence electrons. The Labute approximate surface area is 132 Å². The van der Waals surface area contributed by atoms with Gasteiger partial charge >= 0.3 is 0 Å². The molecule has 3 heteroatoms. The van der Waals surface area contributed by atoms with E-state index in [-0.39, 0.29) is 5.91 Å². The second-order valence-corrected chi connectivity index (χ2v) is 6.55. The molecule has 1 amide bonds. The Balaban J connectivity index is 1.48. The van der Waals surface area contributed by atoms with Gasteiger partial charge in [0.2, 0.25) is 5.91 Å². The van der Waals surface area contributed by atoms with Crippen LogP contribution in [-0.2, 0) is 11.2 Å². The maximum Gasteiger partial charge on any atom is 0.220 e. The molecule has 2 aromatic rings. The maximum absolute atomic E-state index is 12.2. The van der Waals surface area contributed by atoms with Gasteiger partial charge in [-0.3, -0.25) is 4.79 Å². The first-order chi connectivity index (χ1) is 10.8. The van der Waals surface area contributed by atoms with Crippen LogP contribution in [0.4, 0.5) is 0 Å². The van der Waals surface area contributed by atoms with E-state index in [9.17, 15) is 4.79 Å². The Bertz CT molecular complexity index is 623. The zero-order valence-electron chi connectivity index (χ0n) is 13.4. The number of aryl methyl sites for hydroxylation is 1. The molecule has 1 aliphatic carbocycles. The van der Waals surface area contributed by atoms with E-state index in [0.29, 0.717) is 12.5 Å². The van der Waals surface area contributed by atoms with Crippen molar-refractivity contribution in [2.75, 3.05) is 0 Å². The van der Waals surface area contributed by atoms with Crippen LogP contribution in [0, 0.1) is 5.92 Å². The molecule has 1 heterocycles. The van der Waals surface area contributed by atoms with E-state index in [1.165, 1.54) is 30.2 Å². The second kappa shape index (κ2) is 6.99. The fourth-order valence-corrected chi connectivity index (χ4v) is 3.60. The van der Waals surface area contributed by atoms with Gasteiger partial charge in [0.25, 0.3) is 0 Å². The topological polar surface area (TPSA) is 44.9 Å². The summed E-state index contributed by atoms with van der Waals surface area (Å²) in [6, 6.07) is 8.67. The van der Waals surface area contributed by atoms with Crippen molar-refractivity contribution in [1.29, 1.82) is 0 Å². The Kier molecular flexibility index (Phi) is 4.81. The number of amides is 1.